The molecule has 0 bridgehead atoms. The quantitative estimate of drug-likeness (QED) is 0.622. The molecule has 0 amide bonds. The van der Waals surface area contributed by atoms with Gasteiger partial charge in [0.05, 0.1) is 0 Å². The van der Waals surface area contributed by atoms with E-state index < -0.39 is 0 Å². The van der Waals surface area contributed by atoms with Crippen LogP contribution in [0.5, 0.6) is 0 Å². The molecule has 0 N–H and O–H groups in total. The molecule has 0 saturated carbocycles. The standard InChI is InChI=1S/C13H25N/c1-11(2)7-9-14-8-5-6-13(10-14)12(3)4/h6,11-12H,5,7-10H2,1-4H3. The number of hydrogen-bond donors (Lipinski definition) is 0. The van der Waals surface area contributed by atoms with Gasteiger partial charge >= 0.3 is 0 Å². The van der Waals surface area contributed by atoms with Gasteiger partial charge in [-0.3, -0.25) is 4.90 Å². The van der Waals surface area contributed by atoms with Crippen molar-refractivity contribution in [3.05, 3.63) is 11.6 Å². The lowest BCUT2D eigenvalue weighted by molar-refractivity contribution is 0.265. The lowest BCUT2D eigenvalue weighted by Crippen LogP contribution is -2.32. The first kappa shape index (κ1) is 11.8. The van der Waals surface area contributed by atoms with Crippen LogP contribution in [0, 0.1) is 11.8 Å². The minimum Gasteiger partial charge on any atom is -0.299 e. The van der Waals surface area contributed by atoms with Gasteiger partial charge < -0.3 is 0 Å². The van der Waals surface area contributed by atoms with Crippen LogP contribution in [0.15, 0.2) is 11.6 Å². The molecule has 0 aromatic rings. The molecule has 14 heavy (non-hydrogen) atoms. The molecule has 0 spiro atoms. The minimum absolute atomic E-state index is 0.733. The van der Waals surface area contributed by atoms with Gasteiger partial charge in [0.25, 0.3) is 0 Å². The molecule has 0 aliphatic carbocycles. The maximum Gasteiger partial charge on any atom is 0.0195 e. The van der Waals surface area contributed by atoms with Gasteiger partial charge in [0.15, 0.2) is 0 Å². The van der Waals surface area contributed by atoms with Gasteiger partial charge in [0, 0.05) is 13.1 Å². The van der Waals surface area contributed by atoms with Gasteiger partial charge in [-0.05, 0) is 31.2 Å². The van der Waals surface area contributed by atoms with Crippen LogP contribution in [0.1, 0.15) is 40.5 Å². The van der Waals surface area contributed by atoms with Crippen molar-refractivity contribution in [3.8, 4) is 0 Å². The van der Waals surface area contributed by atoms with Crippen LogP contribution in [0.2, 0.25) is 0 Å². The molecule has 0 aromatic heterocycles. The van der Waals surface area contributed by atoms with E-state index >= 15 is 0 Å². The molecule has 1 rings (SSSR count). The molecule has 0 saturated heterocycles. The fourth-order valence-corrected chi connectivity index (χ4v) is 1.88. The molecule has 0 atom stereocenters. The monoisotopic (exact) mass is 195 g/mol. The molecule has 0 aromatic carbocycles. The molecular weight excluding hydrogens is 170 g/mol. The van der Waals surface area contributed by atoms with Crippen molar-refractivity contribution in [3.63, 3.8) is 0 Å². The summed E-state index contributed by atoms with van der Waals surface area (Å²) in [5.41, 5.74) is 1.64. The highest BCUT2D eigenvalue weighted by atomic mass is 15.1. The second-order valence-electron chi connectivity index (χ2n) is 5.18. The van der Waals surface area contributed by atoms with Crippen molar-refractivity contribution in [1.29, 1.82) is 0 Å². The van der Waals surface area contributed by atoms with E-state index in [-0.39, 0.29) is 0 Å². The SMILES string of the molecule is CC(C)CCN1CCC=C(C(C)C)C1. The van der Waals surface area contributed by atoms with Crippen molar-refractivity contribution in [2.24, 2.45) is 11.8 Å². The van der Waals surface area contributed by atoms with Gasteiger partial charge in [-0.1, -0.05) is 39.3 Å². The molecule has 1 aliphatic rings. The summed E-state index contributed by atoms with van der Waals surface area (Å²) in [6, 6.07) is 0. The highest BCUT2D eigenvalue weighted by Gasteiger charge is 2.14. The third kappa shape index (κ3) is 3.83. The second-order valence-corrected chi connectivity index (χ2v) is 5.18. The van der Waals surface area contributed by atoms with Crippen LogP contribution < -0.4 is 0 Å². The van der Waals surface area contributed by atoms with Gasteiger partial charge in [0.2, 0.25) is 0 Å². The summed E-state index contributed by atoms with van der Waals surface area (Å²) in [7, 11) is 0. The van der Waals surface area contributed by atoms with E-state index in [9.17, 15) is 0 Å². The molecule has 1 heteroatoms. The molecule has 0 unspecified atom stereocenters. The lowest BCUT2D eigenvalue weighted by atomic mass is 9.98. The highest BCUT2D eigenvalue weighted by molar-refractivity contribution is 5.10. The smallest absolute Gasteiger partial charge is 0.0195 e. The average molecular weight is 195 g/mol. The zero-order valence-corrected chi connectivity index (χ0v) is 10.2. The Bertz CT molecular complexity index is 191. The average Bonchev–Trinajstić information content (AvgIpc) is 2.15. The Morgan fingerprint density at radius 2 is 2.00 bits per heavy atom. The Balaban J connectivity index is 2.33. The number of nitrogens with zero attached hydrogens (tertiary/aromatic N) is 1. The summed E-state index contributed by atoms with van der Waals surface area (Å²) in [6.07, 6.45) is 5.04. The van der Waals surface area contributed by atoms with Crippen molar-refractivity contribution in [1.82, 2.24) is 4.90 Å². The van der Waals surface area contributed by atoms with Crippen molar-refractivity contribution in [2.75, 3.05) is 19.6 Å². The molecule has 1 heterocycles. The zero-order chi connectivity index (χ0) is 10.6. The van der Waals surface area contributed by atoms with Crippen LogP contribution in [-0.4, -0.2) is 24.5 Å². The Kier molecular flexibility index (Phi) is 4.67. The Labute approximate surface area is 89.2 Å². The molecule has 82 valence electrons. The van der Waals surface area contributed by atoms with Gasteiger partial charge in [0.1, 0.15) is 0 Å². The molecule has 1 nitrogen and oxygen atoms in total. The maximum absolute atomic E-state index is 2.61. The summed E-state index contributed by atoms with van der Waals surface area (Å²) in [5.74, 6) is 1.57. The fourth-order valence-electron chi connectivity index (χ4n) is 1.88. The van der Waals surface area contributed by atoms with Crippen LogP contribution in [0.4, 0.5) is 0 Å². The van der Waals surface area contributed by atoms with Crippen LogP contribution >= 0.6 is 0 Å². The normalized spacial score (nSPS) is 19.1. The van der Waals surface area contributed by atoms with Crippen molar-refractivity contribution in [2.45, 2.75) is 40.5 Å². The van der Waals surface area contributed by atoms with Crippen LogP contribution in [0.25, 0.3) is 0 Å². The third-order valence-corrected chi connectivity index (χ3v) is 3.02. The molecule has 1 aliphatic heterocycles. The summed E-state index contributed by atoms with van der Waals surface area (Å²) in [4.78, 5) is 2.61. The maximum atomic E-state index is 2.61. The largest absolute Gasteiger partial charge is 0.299 e. The third-order valence-electron chi connectivity index (χ3n) is 3.02. The van der Waals surface area contributed by atoms with E-state index in [4.69, 9.17) is 0 Å². The van der Waals surface area contributed by atoms with E-state index in [0.29, 0.717) is 0 Å². The van der Waals surface area contributed by atoms with E-state index in [1.165, 1.54) is 32.5 Å². The summed E-state index contributed by atoms with van der Waals surface area (Å²) in [6.45, 7) is 13.0. The van der Waals surface area contributed by atoms with Gasteiger partial charge in [-0.25, -0.2) is 0 Å². The second kappa shape index (κ2) is 5.55. The molecule has 0 fully saturated rings. The summed E-state index contributed by atoms with van der Waals surface area (Å²) < 4.78 is 0. The van der Waals surface area contributed by atoms with Gasteiger partial charge in [-0.2, -0.15) is 0 Å². The predicted molar refractivity (Wildman–Crippen MR) is 63.4 cm³/mol. The van der Waals surface area contributed by atoms with Crippen LogP contribution in [0.3, 0.4) is 0 Å². The number of hydrogen-bond acceptors (Lipinski definition) is 1. The Hall–Kier alpha value is -0.300. The topological polar surface area (TPSA) is 3.24 Å². The summed E-state index contributed by atoms with van der Waals surface area (Å²) in [5, 5.41) is 0. The van der Waals surface area contributed by atoms with E-state index in [2.05, 4.69) is 38.7 Å². The van der Waals surface area contributed by atoms with Crippen molar-refractivity contribution < 1.29 is 0 Å². The highest BCUT2D eigenvalue weighted by Crippen LogP contribution is 2.17. The van der Waals surface area contributed by atoms with Crippen molar-refractivity contribution >= 4 is 0 Å². The van der Waals surface area contributed by atoms with E-state index in [1.54, 1.807) is 5.57 Å². The molecular formula is C13H25N. The Morgan fingerprint density at radius 3 is 2.57 bits per heavy atom. The van der Waals surface area contributed by atoms with E-state index in [1.807, 2.05) is 0 Å². The fraction of sp³-hybridized carbons (Fsp3) is 0.846. The van der Waals surface area contributed by atoms with Gasteiger partial charge in [-0.15, -0.1) is 0 Å². The number of rotatable bonds is 4. The van der Waals surface area contributed by atoms with Crippen LogP contribution in [-0.2, 0) is 0 Å². The predicted octanol–water partition coefficient (Wildman–Crippen LogP) is 3.32. The molecule has 0 radical (unpaired) electrons. The minimum atomic E-state index is 0.733. The first-order chi connectivity index (χ1) is 6.59. The van der Waals surface area contributed by atoms with E-state index in [0.717, 1.165) is 11.8 Å². The Morgan fingerprint density at radius 1 is 1.29 bits per heavy atom. The lowest BCUT2D eigenvalue weighted by Gasteiger charge is -2.29. The first-order valence-electron chi connectivity index (χ1n) is 6.01. The zero-order valence-electron chi connectivity index (χ0n) is 10.2. The summed E-state index contributed by atoms with van der Waals surface area (Å²) >= 11 is 0. The first-order valence-corrected chi connectivity index (χ1v) is 6.01.